The summed E-state index contributed by atoms with van der Waals surface area (Å²) in [7, 11) is 0. The molecule has 0 N–H and O–H groups in total. The lowest BCUT2D eigenvalue weighted by Crippen LogP contribution is -2.31. The first-order chi connectivity index (χ1) is 15.3. The van der Waals surface area contributed by atoms with Crippen LogP contribution in [-0.4, -0.2) is 30.2 Å². The molecule has 2 aromatic carbocycles. The number of imide groups is 1. The van der Waals surface area contributed by atoms with Gasteiger partial charge >= 0.3 is 5.97 Å². The smallest absolute Gasteiger partial charge is 0.338 e. The van der Waals surface area contributed by atoms with Crippen molar-refractivity contribution in [2.45, 2.75) is 27.2 Å². The SMILES string of the molecule is Cc1ccc(C(=O)COC(=O)c2ccc(N3C(=O)[C@H]4[C@@H](C)C=CC[C@H]4C3=O)cc2)cc1C. The molecule has 6 nitrogen and oxygen atoms in total. The molecule has 0 radical (unpaired) electrons. The number of benzene rings is 2. The number of ketones is 1. The first-order valence-corrected chi connectivity index (χ1v) is 10.7. The van der Waals surface area contributed by atoms with Gasteiger partial charge in [0.15, 0.2) is 12.4 Å². The van der Waals surface area contributed by atoms with Gasteiger partial charge in [0.05, 0.1) is 23.1 Å². The topological polar surface area (TPSA) is 80.8 Å². The molecule has 0 unspecified atom stereocenters. The Hall–Kier alpha value is -3.54. The van der Waals surface area contributed by atoms with Crippen LogP contribution in [0.3, 0.4) is 0 Å². The molecule has 0 aromatic heterocycles. The molecule has 6 heteroatoms. The summed E-state index contributed by atoms with van der Waals surface area (Å²) >= 11 is 0. The van der Waals surface area contributed by atoms with E-state index in [-0.39, 0.29) is 47.5 Å². The molecule has 3 atom stereocenters. The highest BCUT2D eigenvalue weighted by Gasteiger charge is 2.50. The average Bonchev–Trinajstić information content (AvgIpc) is 3.05. The molecule has 0 spiro atoms. The highest BCUT2D eigenvalue weighted by molar-refractivity contribution is 6.22. The van der Waals surface area contributed by atoms with E-state index >= 15 is 0 Å². The maximum Gasteiger partial charge on any atom is 0.338 e. The summed E-state index contributed by atoms with van der Waals surface area (Å²) in [6.07, 6.45) is 4.50. The van der Waals surface area contributed by atoms with Crippen LogP contribution in [0.5, 0.6) is 0 Å². The van der Waals surface area contributed by atoms with Gasteiger partial charge in [-0.15, -0.1) is 0 Å². The molecule has 2 aromatic rings. The number of aryl methyl sites for hydroxylation is 2. The minimum atomic E-state index is -0.640. The van der Waals surface area contributed by atoms with E-state index in [0.717, 1.165) is 11.1 Å². The van der Waals surface area contributed by atoms with Crippen molar-refractivity contribution in [3.8, 4) is 0 Å². The summed E-state index contributed by atoms with van der Waals surface area (Å²) in [6, 6.07) is 11.5. The Morgan fingerprint density at radius 3 is 2.31 bits per heavy atom. The van der Waals surface area contributed by atoms with Crippen LogP contribution in [-0.2, 0) is 14.3 Å². The highest BCUT2D eigenvalue weighted by atomic mass is 16.5. The van der Waals surface area contributed by atoms with Crippen molar-refractivity contribution in [2.24, 2.45) is 17.8 Å². The quantitative estimate of drug-likeness (QED) is 0.309. The lowest BCUT2D eigenvalue weighted by molar-refractivity contribution is -0.122. The Kier molecular flexibility index (Phi) is 5.78. The van der Waals surface area contributed by atoms with Crippen LogP contribution in [0.4, 0.5) is 5.69 Å². The number of hydrogen-bond donors (Lipinski definition) is 0. The van der Waals surface area contributed by atoms with Crippen LogP contribution in [0.2, 0.25) is 0 Å². The summed E-state index contributed by atoms with van der Waals surface area (Å²) in [6.45, 7) is 5.46. The maximum atomic E-state index is 12.9. The molecular formula is C26H25NO5. The van der Waals surface area contributed by atoms with Crippen LogP contribution < -0.4 is 4.90 Å². The molecule has 0 saturated carbocycles. The first-order valence-electron chi connectivity index (χ1n) is 10.7. The predicted molar refractivity (Wildman–Crippen MR) is 119 cm³/mol. The monoisotopic (exact) mass is 431 g/mol. The largest absolute Gasteiger partial charge is 0.454 e. The number of anilines is 1. The summed E-state index contributed by atoms with van der Waals surface area (Å²) in [5.41, 5.74) is 3.25. The Morgan fingerprint density at radius 2 is 1.66 bits per heavy atom. The second kappa shape index (κ2) is 8.54. The molecular weight excluding hydrogens is 406 g/mol. The van der Waals surface area contributed by atoms with Crippen molar-refractivity contribution < 1.29 is 23.9 Å². The van der Waals surface area contributed by atoms with Crippen LogP contribution in [0.1, 0.15) is 45.2 Å². The average molecular weight is 431 g/mol. The Labute approximate surface area is 186 Å². The van der Waals surface area contributed by atoms with E-state index in [9.17, 15) is 19.2 Å². The molecule has 1 aliphatic heterocycles. The Morgan fingerprint density at radius 1 is 0.969 bits per heavy atom. The van der Waals surface area contributed by atoms with Gasteiger partial charge in [-0.2, -0.15) is 0 Å². The second-order valence-electron chi connectivity index (χ2n) is 8.51. The number of Topliss-reactive ketones (excluding diaryl/α,β-unsaturated/α-hetero) is 1. The lowest BCUT2D eigenvalue weighted by Gasteiger charge is -2.22. The Bertz CT molecular complexity index is 1130. The third-order valence-corrected chi connectivity index (χ3v) is 6.40. The van der Waals surface area contributed by atoms with E-state index in [1.54, 1.807) is 24.3 Å². The molecule has 2 aliphatic rings. The zero-order chi connectivity index (χ0) is 23.0. The fourth-order valence-electron chi connectivity index (χ4n) is 4.36. The molecule has 1 aliphatic carbocycles. The number of carbonyl (C=O) groups is 4. The molecule has 1 saturated heterocycles. The fraction of sp³-hybridized carbons (Fsp3) is 0.308. The first kappa shape index (κ1) is 21.7. The predicted octanol–water partition coefficient (Wildman–Crippen LogP) is 4.04. The number of nitrogens with zero attached hydrogens (tertiary/aromatic N) is 1. The van der Waals surface area contributed by atoms with Crippen LogP contribution in [0, 0.1) is 31.6 Å². The molecule has 1 heterocycles. The molecule has 32 heavy (non-hydrogen) atoms. The third-order valence-electron chi connectivity index (χ3n) is 6.40. The van der Waals surface area contributed by atoms with Crippen molar-refractivity contribution in [1.29, 1.82) is 0 Å². The van der Waals surface area contributed by atoms with E-state index in [1.807, 2.05) is 39.0 Å². The van der Waals surface area contributed by atoms with Gasteiger partial charge in [-0.3, -0.25) is 19.3 Å². The molecule has 4 rings (SSSR count). The van der Waals surface area contributed by atoms with E-state index in [4.69, 9.17) is 4.74 Å². The highest BCUT2D eigenvalue weighted by Crippen LogP contribution is 2.40. The fourth-order valence-corrected chi connectivity index (χ4v) is 4.36. The summed E-state index contributed by atoms with van der Waals surface area (Å²) in [5.74, 6) is -1.98. The molecule has 1 fully saturated rings. The van der Waals surface area contributed by atoms with Crippen molar-refractivity contribution in [3.05, 3.63) is 76.9 Å². The number of amides is 2. The van der Waals surface area contributed by atoms with Gasteiger partial charge in [0, 0.05) is 5.56 Å². The number of esters is 1. The van der Waals surface area contributed by atoms with Crippen molar-refractivity contribution in [1.82, 2.24) is 0 Å². The van der Waals surface area contributed by atoms with E-state index in [0.29, 0.717) is 17.7 Å². The zero-order valence-electron chi connectivity index (χ0n) is 18.3. The third kappa shape index (κ3) is 3.88. The summed E-state index contributed by atoms with van der Waals surface area (Å²) in [5, 5.41) is 0. The van der Waals surface area contributed by atoms with Crippen LogP contribution in [0.25, 0.3) is 0 Å². The standard InChI is InChI=1S/C26H25NO5/c1-15-7-8-19(13-17(15)3)22(28)14-32-26(31)18-9-11-20(12-10-18)27-24(29)21-6-4-5-16(2)23(21)25(27)30/h4-5,7-13,16,21,23H,6,14H2,1-3H3/t16-,21+,23-/m0/s1. The minimum absolute atomic E-state index is 0.0132. The Balaban J connectivity index is 1.42. The lowest BCUT2D eigenvalue weighted by atomic mass is 9.78. The van der Waals surface area contributed by atoms with Crippen LogP contribution in [0.15, 0.2) is 54.6 Å². The van der Waals surface area contributed by atoms with E-state index in [2.05, 4.69) is 0 Å². The summed E-state index contributed by atoms with van der Waals surface area (Å²) < 4.78 is 5.17. The molecule has 2 amide bonds. The number of carbonyl (C=O) groups excluding carboxylic acids is 4. The maximum absolute atomic E-state index is 12.9. The normalized spacial score (nSPS) is 22.1. The summed E-state index contributed by atoms with van der Waals surface area (Å²) in [4.78, 5) is 51.6. The number of allylic oxidation sites excluding steroid dienone is 2. The minimum Gasteiger partial charge on any atom is -0.454 e. The van der Waals surface area contributed by atoms with Gasteiger partial charge in [-0.25, -0.2) is 4.79 Å². The van der Waals surface area contributed by atoms with Crippen LogP contribution >= 0.6 is 0 Å². The van der Waals surface area contributed by atoms with Gasteiger partial charge in [0.25, 0.3) is 0 Å². The molecule has 0 bridgehead atoms. The number of fused-ring (bicyclic) bond motifs is 1. The zero-order valence-corrected chi connectivity index (χ0v) is 18.3. The van der Waals surface area contributed by atoms with Gasteiger partial charge < -0.3 is 4.74 Å². The van der Waals surface area contributed by atoms with Gasteiger partial charge in [0.2, 0.25) is 11.8 Å². The second-order valence-corrected chi connectivity index (χ2v) is 8.51. The van der Waals surface area contributed by atoms with Gasteiger partial charge in [-0.05, 0) is 67.6 Å². The van der Waals surface area contributed by atoms with E-state index < -0.39 is 5.97 Å². The van der Waals surface area contributed by atoms with Gasteiger partial charge in [0.1, 0.15) is 0 Å². The number of ether oxygens (including phenoxy) is 1. The molecule has 164 valence electrons. The van der Waals surface area contributed by atoms with E-state index in [1.165, 1.54) is 17.0 Å². The van der Waals surface area contributed by atoms with Crippen molar-refractivity contribution in [3.63, 3.8) is 0 Å². The number of rotatable bonds is 5. The van der Waals surface area contributed by atoms with Gasteiger partial charge in [-0.1, -0.05) is 31.2 Å². The van der Waals surface area contributed by atoms with Crippen molar-refractivity contribution in [2.75, 3.05) is 11.5 Å². The van der Waals surface area contributed by atoms with Crippen molar-refractivity contribution >= 4 is 29.3 Å². The number of hydrogen-bond acceptors (Lipinski definition) is 5.